The van der Waals surface area contributed by atoms with Gasteiger partial charge in [-0.1, -0.05) is 12.5 Å². The molecule has 1 saturated carbocycles. The van der Waals surface area contributed by atoms with E-state index in [2.05, 4.69) is 16.5 Å². The van der Waals surface area contributed by atoms with Gasteiger partial charge in [-0.15, -0.1) is 6.58 Å². The number of unbranched alkanes of at least 4 members (excludes halogenated alkanes) is 1. The fourth-order valence-corrected chi connectivity index (χ4v) is 3.58. The second-order valence-corrected chi connectivity index (χ2v) is 7.11. The third kappa shape index (κ3) is 5.46. The molecule has 1 aliphatic rings. The molecule has 1 aromatic carbocycles. The summed E-state index contributed by atoms with van der Waals surface area (Å²) >= 11 is 0. The Morgan fingerprint density at radius 2 is 1.81 bits per heavy atom. The zero-order valence-electron chi connectivity index (χ0n) is 15.4. The predicted octanol–water partition coefficient (Wildman–Crippen LogP) is 5.47. The third-order valence-corrected chi connectivity index (χ3v) is 5.16. The smallest absolute Gasteiger partial charge is 0.346 e. The summed E-state index contributed by atoms with van der Waals surface area (Å²) in [5.41, 5.74) is 0.293. The number of hydrogen-bond acceptors (Lipinski definition) is 4. The summed E-state index contributed by atoms with van der Waals surface area (Å²) in [6.07, 6.45) is 13.2. The van der Waals surface area contributed by atoms with Crippen molar-refractivity contribution in [3.63, 3.8) is 0 Å². The van der Waals surface area contributed by atoms with Crippen LogP contribution in [-0.4, -0.2) is 15.9 Å². The van der Waals surface area contributed by atoms with Crippen molar-refractivity contribution >= 4 is 5.97 Å². The van der Waals surface area contributed by atoms with Gasteiger partial charge in [0, 0.05) is 18.3 Å². The number of carbonyl (C=O) groups is 1. The minimum atomic E-state index is -0.543. The van der Waals surface area contributed by atoms with Crippen LogP contribution in [0, 0.1) is 11.7 Å². The van der Waals surface area contributed by atoms with Crippen molar-refractivity contribution in [1.29, 1.82) is 0 Å². The molecular weight excluding hydrogens is 343 g/mol. The van der Waals surface area contributed by atoms with Gasteiger partial charge in [-0.2, -0.15) is 0 Å². The van der Waals surface area contributed by atoms with E-state index in [0.717, 1.165) is 31.0 Å². The molecule has 1 heterocycles. The summed E-state index contributed by atoms with van der Waals surface area (Å²) in [6, 6.07) is 5.32. The Labute approximate surface area is 159 Å². The molecule has 142 valence electrons. The van der Waals surface area contributed by atoms with Gasteiger partial charge in [-0.25, -0.2) is 19.2 Å². The second-order valence-electron chi connectivity index (χ2n) is 7.11. The van der Waals surface area contributed by atoms with Crippen LogP contribution in [0.3, 0.4) is 0 Å². The number of carbonyl (C=O) groups excluding carboxylic acids is 1. The first kappa shape index (κ1) is 19.2. The Hall–Kier alpha value is -2.56. The molecular formula is C22H25FN2O2. The van der Waals surface area contributed by atoms with E-state index in [0.29, 0.717) is 17.2 Å². The van der Waals surface area contributed by atoms with Gasteiger partial charge in [-0.05, 0) is 68.7 Å². The topological polar surface area (TPSA) is 52.1 Å². The maximum atomic E-state index is 12.9. The number of ether oxygens (including phenoxy) is 1. The summed E-state index contributed by atoms with van der Waals surface area (Å²) in [5, 5.41) is 0. The molecule has 0 unspecified atom stereocenters. The molecule has 0 aliphatic heterocycles. The van der Waals surface area contributed by atoms with Crippen molar-refractivity contribution in [1.82, 2.24) is 9.97 Å². The fourth-order valence-electron chi connectivity index (χ4n) is 3.58. The Morgan fingerprint density at radius 1 is 1.15 bits per heavy atom. The van der Waals surface area contributed by atoms with Crippen LogP contribution >= 0.6 is 0 Å². The Morgan fingerprint density at radius 3 is 2.44 bits per heavy atom. The van der Waals surface area contributed by atoms with Crippen LogP contribution in [0.2, 0.25) is 0 Å². The highest BCUT2D eigenvalue weighted by Crippen LogP contribution is 2.36. The van der Waals surface area contributed by atoms with Crippen molar-refractivity contribution in [3.8, 4) is 5.75 Å². The van der Waals surface area contributed by atoms with Crippen LogP contribution in [0.25, 0.3) is 0 Å². The average molecular weight is 368 g/mol. The van der Waals surface area contributed by atoms with E-state index in [1.807, 2.05) is 6.08 Å². The van der Waals surface area contributed by atoms with Crippen LogP contribution in [0.4, 0.5) is 4.39 Å². The Bertz CT molecular complexity index is 751. The first-order valence-electron chi connectivity index (χ1n) is 9.56. The van der Waals surface area contributed by atoms with Gasteiger partial charge in [-0.3, -0.25) is 0 Å². The molecule has 3 rings (SSSR count). The molecule has 0 spiro atoms. The molecule has 1 aliphatic carbocycles. The number of hydrogen-bond donors (Lipinski definition) is 0. The maximum Gasteiger partial charge on any atom is 0.346 e. The van der Waals surface area contributed by atoms with Crippen LogP contribution in [0.1, 0.15) is 67.0 Å². The van der Waals surface area contributed by atoms with Crippen LogP contribution in [0.15, 0.2) is 49.3 Å². The minimum absolute atomic E-state index is 0.292. The highest BCUT2D eigenvalue weighted by Gasteiger charge is 2.24. The van der Waals surface area contributed by atoms with E-state index < -0.39 is 5.97 Å². The average Bonchev–Trinajstić information content (AvgIpc) is 2.70. The lowest BCUT2D eigenvalue weighted by Crippen LogP contribution is -2.16. The number of allylic oxidation sites excluding steroid dienone is 1. The molecule has 0 N–H and O–H groups in total. The van der Waals surface area contributed by atoms with Gasteiger partial charge in [0.05, 0.1) is 5.56 Å². The van der Waals surface area contributed by atoms with E-state index in [-0.39, 0.29) is 5.82 Å². The number of esters is 1. The molecule has 5 heteroatoms. The van der Waals surface area contributed by atoms with Crippen molar-refractivity contribution < 1.29 is 13.9 Å². The Kier molecular flexibility index (Phi) is 6.69. The minimum Gasteiger partial charge on any atom is -0.423 e. The van der Waals surface area contributed by atoms with Crippen LogP contribution in [0.5, 0.6) is 5.75 Å². The fraction of sp³-hybridized carbons (Fsp3) is 0.409. The van der Waals surface area contributed by atoms with E-state index in [1.54, 1.807) is 0 Å². The zero-order chi connectivity index (χ0) is 19.1. The number of nitrogens with zero attached hydrogens (tertiary/aromatic N) is 2. The van der Waals surface area contributed by atoms with Crippen molar-refractivity contribution in [2.45, 2.75) is 50.9 Å². The Balaban J connectivity index is 1.52. The van der Waals surface area contributed by atoms with E-state index >= 15 is 0 Å². The quantitative estimate of drug-likeness (QED) is 0.282. The maximum absolute atomic E-state index is 12.9. The monoisotopic (exact) mass is 368 g/mol. The summed E-state index contributed by atoms with van der Waals surface area (Å²) in [7, 11) is 0. The zero-order valence-corrected chi connectivity index (χ0v) is 15.4. The first-order chi connectivity index (χ1) is 13.2. The molecule has 0 bridgehead atoms. The molecule has 0 amide bonds. The molecule has 2 aromatic rings. The molecule has 27 heavy (non-hydrogen) atoms. The molecule has 1 aromatic heterocycles. The predicted molar refractivity (Wildman–Crippen MR) is 102 cm³/mol. The number of rotatable bonds is 7. The normalized spacial score (nSPS) is 19.4. The third-order valence-electron chi connectivity index (χ3n) is 5.16. The van der Waals surface area contributed by atoms with Crippen molar-refractivity contribution in [3.05, 3.63) is 66.5 Å². The SMILES string of the molecule is C=CCCC[C@H]1CC[C@H](c2ncc(C(=O)Oc3ccc(F)cc3)cn2)CC1. The highest BCUT2D eigenvalue weighted by atomic mass is 19.1. The molecule has 0 atom stereocenters. The number of aromatic nitrogens is 2. The van der Waals surface area contributed by atoms with Crippen LogP contribution < -0.4 is 4.74 Å². The van der Waals surface area contributed by atoms with Gasteiger partial charge in [0.2, 0.25) is 0 Å². The van der Waals surface area contributed by atoms with Gasteiger partial charge < -0.3 is 4.74 Å². The largest absolute Gasteiger partial charge is 0.423 e. The van der Waals surface area contributed by atoms with E-state index in [4.69, 9.17) is 4.74 Å². The van der Waals surface area contributed by atoms with Crippen molar-refractivity contribution in [2.75, 3.05) is 0 Å². The van der Waals surface area contributed by atoms with Gasteiger partial charge >= 0.3 is 5.97 Å². The summed E-state index contributed by atoms with van der Waals surface area (Å²) in [4.78, 5) is 20.9. The number of halogens is 1. The highest BCUT2D eigenvalue weighted by molar-refractivity contribution is 5.90. The molecule has 0 radical (unpaired) electrons. The lowest BCUT2D eigenvalue weighted by molar-refractivity contribution is 0.0733. The molecule has 4 nitrogen and oxygen atoms in total. The van der Waals surface area contributed by atoms with Gasteiger partial charge in [0.25, 0.3) is 0 Å². The second kappa shape index (κ2) is 9.40. The number of benzene rings is 1. The molecule has 1 fully saturated rings. The van der Waals surface area contributed by atoms with Gasteiger partial charge in [0.15, 0.2) is 0 Å². The van der Waals surface area contributed by atoms with Gasteiger partial charge in [0.1, 0.15) is 17.4 Å². The van der Waals surface area contributed by atoms with Crippen LogP contribution in [-0.2, 0) is 0 Å². The van der Waals surface area contributed by atoms with E-state index in [1.165, 1.54) is 62.3 Å². The standard InChI is InChI=1S/C22H25FN2O2/c1-2-3-4-5-16-6-8-17(9-7-16)21-24-14-18(15-25-21)22(26)27-20-12-10-19(23)11-13-20/h2,10-17H,1,3-9H2/t16-,17-. The lowest BCUT2D eigenvalue weighted by atomic mass is 9.79. The lowest BCUT2D eigenvalue weighted by Gasteiger charge is -2.27. The summed E-state index contributed by atoms with van der Waals surface area (Å²) < 4.78 is 18.1. The van der Waals surface area contributed by atoms with Crippen molar-refractivity contribution in [2.24, 2.45) is 5.92 Å². The van der Waals surface area contributed by atoms with E-state index in [9.17, 15) is 9.18 Å². The summed E-state index contributed by atoms with van der Waals surface area (Å²) in [6.45, 7) is 3.78. The molecule has 0 saturated heterocycles. The summed E-state index contributed by atoms with van der Waals surface area (Å²) in [5.74, 6) is 1.34. The first-order valence-corrected chi connectivity index (χ1v) is 9.56.